The molecular weight excluding hydrogens is 455 g/mol. The second kappa shape index (κ2) is 9.50. The fraction of sp³-hybridized carbons (Fsp3) is 0.0625. The third-order valence-corrected chi connectivity index (χ3v) is 7.68. The lowest BCUT2D eigenvalue weighted by molar-refractivity contribution is 0.857. The quantitative estimate of drug-likeness (QED) is 0.169. The van der Waals surface area contributed by atoms with Crippen LogP contribution in [0.2, 0.25) is 0 Å². The Morgan fingerprint density at radius 3 is 0.647 bits per heavy atom. The van der Waals surface area contributed by atoms with Crippen LogP contribution in [0.15, 0.2) is 146 Å². The van der Waals surface area contributed by atoms with Gasteiger partial charge in [0.2, 0.25) is 0 Å². The van der Waals surface area contributed by atoms with Crippen LogP contribution < -0.4 is 0 Å². The van der Waals surface area contributed by atoms with Crippen molar-refractivity contribution >= 4 is 23.2 Å². The Morgan fingerprint density at radius 2 is 0.441 bits per heavy atom. The third kappa shape index (κ3) is 3.94. The zero-order valence-corrected chi connectivity index (χ0v) is 20.1. The van der Waals surface area contributed by atoms with E-state index in [0.717, 1.165) is 33.4 Å². The molecule has 0 atom stereocenters. The maximum absolute atomic E-state index is 7.48. The summed E-state index contributed by atoms with van der Waals surface area (Å²) in [7, 11) is 0. The largest absolute Gasteiger partial charge is 0.119 e. The summed E-state index contributed by atoms with van der Waals surface area (Å²) < 4.78 is 0. The highest BCUT2D eigenvalue weighted by Gasteiger charge is 2.37. The maximum Gasteiger partial charge on any atom is 0.119 e. The predicted octanol–water partition coefficient (Wildman–Crippen LogP) is 8.75. The van der Waals surface area contributed by atoms with E-state index in [1.807, 2.05) is 72.8 Å². The van der Waals surface area contributed by atoms with E-state index >= 15 is 0 Å². The zero-order valence-electron chi connectivity index (χ0n) is 18.6. The number of hydrogen-bond acceptors (Lipinski definition) is 0. The zero-order chi connectivity index (χ0) is 23.4. The standard InChI is InChI=1S/C32H24Cl2/c33-31(25-13-5-1-6-14-25,26-15-7-2-8-16-26)29-21-23-30(24-22-29)32(34,27-17-9-3-10-18-27)28-19-11-4-12-20-28/h1-24H. The molecule has 2 heteroatoms. The van der Waals surface area contributed by atoms with Gasteiger partial charge in [-0.05, 0) is 33.4 Å². The van der Waals surface area contributed by atoms with Gasteiger partial charge in [-0.3, -0.25) is 0 Å². The smallest absolute Gasteiger partial charge is 0.104 e. The Bertz CT molecular complexity index is 1140. The van der Waals surface area contributed by atoms with E-state index < -0.39 is 9.75 Å². The second-order valence-corrected chi connectivity index (χ2v) is 9.49. The first-order chi connectivity index (χ1) is 16.6. The van der Waals surface area contributed by atoms with Crippen LogP contribution in [0, 0.1) is 0 Å². The van der Waals surface area contributed by atoms with Crippen molar-refractivity contribution in [3.8, 4) is 0 Å². The first kappa shape index (κ1) is 22.5. The lowest BCUT2D eigenvalue weighted by Gasteiger charge is -2.32. The Morgan fingerprint density at radius 1 is 0.265 bits per heavy atom. The van der Waals surface area contributed by atoms with Crippen LogP contribution in [0.5, 0.6) is 0 Å². The van der Waals surface area contributed by atoms with Gasteiger partial charge >= 0.3 is 0 Å². The van der Waals surface area contributed by atoms with Gasteiger partial charge in [-0.2, -0.15) is 0 Å². The fourth-order valence-corrected chi connectivity index (χ4v) is 5.36. The van der Waals surface area contributed by atoms with Crippen molar-refractivity contribution in [1.82, 2.24) is 0 Å². The van der Waals surface area contributed by atoms with Crippen LogP contribution in [0.4, 0.5) is 0 Å². The van der Waals surface area contributed by atoms with E-state index in [9.17, 15) is 0 Å². The molecule has 5 aromatic rings. The third-order valence-electron chi connectivity index (χ3n) is 6.37. The summed E-state index contributed by atoms with van der Waals surface area (Å²) in [6.45, 7) is 0. The Hall–Kier alpha value is -3.32. The Labute approximate surface area is 211 Å². The van der Waals surface area contributed by atoms with Crippen molar-refractivity contribution in [3.05, 3.63) is 179 Å². The molecule has 0 nitrogen and oxygen atoms in total. The molecule has 0 heterocycles. The molecule has 0 radical (unpaired) electrons. The number of halogens is 2. The monoisotopic (exact) mass is 478 g/mol. The summed E-state index contributed by atoms with van der Waals surface area (Å²) in [5.41, 5.74) is 6.10. The number of rotatable bonds is 6. The topological polar surface area (TPSA) is 0 Å². The van der Waals surface area contributed by atoms with Crippen LogP contribution in [-0.4, -0.2) is 0 Å². The van der Waals surface area contributed by atoms with Gasteiger partial charge in [-0.1, -0.05) is 146 Å². The molecule has 0 aliphatic rings. The van der Waals surface area contributed by atoms with E-state index in [4.69, 9.17) is 23.2 Å². The van der Waals surface area contributed by atoms with Gasteiger partial charge < -0.3 is 0 Å². The summed E-state index contributed by atoms with van der Waals surface area (Å²) >= 11 is 15.0. The molecule has 0 saturated carbocycles. The van der Waals surface area contributed by atoms with E-state index in [-0.39, 0.29) is 0 Å². The molecule has 0 N–H and O–H groups in total. The van der Waals surface area contributed by atoms with Gasteiger partial charge in [0.05, 0.1) is 0 Å². The minimum absolute atomic E-state index is 0.810. The molecule has 0 bridgehead atoms. The first-order valence-corrected chi connectivity index (χ1v) is 12.1. The number of benzene rings is 5. The maximum atomic E-state index is 7.48. The van der Waals surface area contributed by atoms with Gasteiger partial charge in [-0.15, -0.1) is 23.2 Å². The molecule has 34 heavy (non-hydrogen) atoms. The van der Waals surface area contributed by atoms with Crippen LogP contribution in [0.1, 0.15) is 33.4 Å². The van der Waals surface area contributed by atoms with E-state index in [2.05, 4.69) is 72.8 Å². The molecule has 0 unspecified atom stereocenters. The molecule has 0 amide bonds. The number of hydrogen-bond donors (Lipinski definition) is 0. The SMILES string of the molecule is ClC(c1ccccc1)(c1ccccc1)c1ccc(C(Cl)(c2ccccc2)c2ccccc2)cc1. The molecule has 5 aromatic carbocycles. The normalized spacial score (nSPS) is 11.8. The summed E-state index contributed by atoms with van der Waals surface area (Å²) in [4.78, 5) is -1.62. The fourth-order valence-electron chi connectivity index (χ4n) is 4.60. The highest BCUT2D eigenvalue weighted by molar-refractivity contribution is 6.29. The minimum atomic E-state index is -0.810. The molecule has 5 rings (SSSR count). The molecule has 0 spiro atoms. The van der Waals surface area contributed by atoms with Crippen molar-refractivity contribution in [3.63, 3.8) is 0 Å². The molecule has 0 aliphatic carbocycles. The predicted molar refractivity (Wildman–Crippen MR) is 144 cm³/mol. The average molecular weight is 479 g/mol. The van der Waals surface area contributed by atoms with Crippen molar-refractivity contribution in [2.75, 3.05) is 0 Å². The lowest BCUT2D eigenvalue weighted by atomic mass is 9.81. The van der Waals surface area contributed by atoms with Gasteiger partial charge in [0, 0.05) is 0 Å². The molecule has 0 fully saturated rings. The van der Waals surface area contributed by atoms with E-state index in [1.54, 1.807) is 0 Å². The summed E-state index contributed by atoms with van der Waals surface area (Å²) in [5, 5.41) is 0. The van der Waals surface area contributed by atoms with Crippen LogP contribution in [0.25, 0.3) is 0 Å². The average Bonchev–Trinajstić information content (AvgIpc) is 2.94. The van der Waals surface area contributed by atoms with Crippen molar-refractivity contribution in [2.45, 2.75) is 9.75 Å². The van der Waals surface area contributed by atoms with Crippen molar-refractivity contribution in [2.24, 2.45) is 0 Å². The highest BCUT2D eigenvalue weighted by atomic mass is 35.5. The summed E-state index contributed by atoms with van der Waals surface area (Å²) in [5.74, 6) is 0. The Kier molecular flexibility index (Phi) is 6.28. The lowest BCUT2D eigenvalue weighted by Crippen LogP contribution is -2.24. The molecule has 0 aromatic heterocycles. The Balaban J connectivity index is 1.66. The van der Waals surface area contributed by atoms with Crippen molar-refractivity contribution in [1.29, 1.82) is 0 Å². The minimum Gasteiger partial charge on any atom is -0.104 e. The first-order valence-electron chi connectivity index (χ1n) is 11.3. The van der Waals surface area contributed by atoms with Gasteiger partial charge in [0.25, 0.3) is 0 Å². The van der Waals surface area contributed by atoms with Crippen LogP contribution in [-0.2, 0) is 9.75 Å². The van der Waals surface area contributed by atoms with Crippen molar-refractivity contribution < 1.29 is 0 Å². The number of alkyl halides is 2. The molecule has 0 saturated heterocycles. The van der Waals surface area contributed by atoms with Gasteiger partial charge in [0.15, 0.2) is 0 Å². The summed E-state index contributed by atoms with van der Waals surface area (Å²) in [6, 6.07) is 49.3. The summed E-state index contributed by atoms with van der Waals surface area (Å²) in [6.07, 6.45) is 0. The second-order valence-electron chi connectivity index (χ2n) is 8.36. The van der Waals surface area contributed by atoms with Crippen LogP contribution in [0.3, 0.4) is 0 Å². The molecule has 0 aliphatic heterocycles. The van der Waals surface area contributed by atoms with E-state index in [0.29, 0.717) is 0 Å². The molecular formula is C32H24Cl2. The van der Waals surface area contributed by atoms with Gasteiger partial charge in [0.1, 0.15) is 9.75 Å². The van der Waals surface area contributed by atoms with Gasteiger partial charge in [-0.25, -0.2) is 0 Å². The van der Waals surface area contributed by atoms with Crippen LogP contribution >= 0.6 is 23.2 Å². The highest BCUT2D eigenvalue weighted by Crippen LogP contribution is 2.46. The van der Waals surface area contributed by atoms with E-state index in [1.165, 1.54) is 0 Å². The molecule has 166 valence electrons.